The van der Waals surface area contributed by atoms with Gasteiger partial charge in [0, 0.05) is 33.9 Å². The Balaban J connectivity index is 1.96. The molecule has 20 heavy (non-hydrogen) atoms. The maximum absolute atomic E-state index is 5.52. The van der Waals surface area contributed by atoms with Crippen LogP contribution >= 0.6 is 27.3 Å². The van der Waals surface area contributed by atoms with Gasteiger partial charge in [0.15, 0.2) is 0 Å². The first-order chi connectivity index (χ1) is 9.70. The first-order valence-electron chi connectivity index (χ1n) is 6.82. The van der Waals surface area contributed by atoms with E-state index < -0.39 is 0 Å². The van der Waals surface area contributed by atoms with Gasteiger partial charge in [0.2, 0.25) is 0 Å². The van der Waals surface area contributed by atoms with Gasteiger partial charge in [-0.15, -0.1) is 11.3 Å². The lowest BCUT2D eigenvalue weighted by molar-refractivity contribution is 0.133. The molecular formula is C16H20BrNOS. The number of rotatable bonds is 7. The molecule has 0 aliphatic carbocycles. The zero-order valence-electron chi connectivity index (χ0n) is 11.9. The molecule has 2 aromatic rings. The van der Waals surface area contributed by atoms with Crippen molar-refractivity contribution in [2.75, 3.05) is 6.61 Å². The quantitative estimate of drug-likeness (QED) is 0.764. The SMILES string of the molecule is CCOCc1ccccc1CNC(C)c1cc(Br)cs1. The third-order valence-corrected chi connectivity index (χ3v) is 5.07. The van der Waals surface area contributed by atoms with E-state index in [-0.39, 0.29) is 0 Å². The minimum Gasteiger partial charge on any atom is -0.377 e. The number of hydrogen-bond acceptors (Lipinski definition) is 3. The third-order valence-electron chi connectivity index (χ3n) is 3.19. The maximum Gasteiger partial charge on any atom is 0.0719 e. The van der Waals surface area contributed by atoms with Crippen molar-refractivity contribution >= 4 is 27.3 Å². The minimum atomic E-state index is 0.353. The molecule has 0 aliphatic rings. The summed E-state index contributed by atoms with van der Waals surface area (Å²) in [6.07, 6.45) is 0. The Kier molecular flexibility index (Phi) is 6.23. The summed E-state index contributed by atoms with van der Waals surface area (Å²) in [6.45, 7) is 6.52. The summed E-state index contributed by atoms with van der Waals surface area (Å²) in [5.41, 5.74) is 2.57. The zero-order valence-corrected chi connectivity index (χ0v) is 14.3. The van der Waals surface area contributed by atoms with Gasteiger partial charge in [-0.3, -0.25) is 0 Å². The lowest BCUT2D eigenvalue weighted by Crippen LogP contribution is -2.18. The average molecular weight is 354 g/mol. The molecule has 0 radical (unpaired) electrons. The highest BCUT2D eigenvalue weighted by Gasteiger charge is 2.09. The molecule has 1 unspecified atom stereocenters. The predicted molar refractivity (Wildman–Crippen MR) is 89.0 cm³/mol. The van der Waals surface area contributed by atoms with Gasteiger partial charge in [0.25, 0.3) is 0 Å². The van der Waals surface area contributed by atoms with E-state index in [0.717, 1.165) is 17.6 Å². The summed E-state index contributed by atoms with van der Waals surface area (Å²) in [7, 11) is 0. The van der Waals surface area contributed by atoms with Gasteiger partial charge < -0.3 is 10.1 Å². The number of halogens is 1. The highest BCUT2D eigenvalue weighted by atomic mass is 79.9. The smallest absolute Gasteiger partial charge is 0.0719 e. The molecular weight excluding hydrogens is 334 g/mol. The fourth-order valence-corrected chi connectivity index (χ4v) is 3.48. The molecule has 1 N–H and O–H groups in total. The summed E-state index contributed by atoms with van der Waals surface area (Å²) in [5.74, 6) is 0. The topological polar surface area (TPSA) is 21.3 Å². The van der Waals surface area contributed by atoms with E-state index in [1.807, 2.05) is 6.92 Å². The number of nitrogens with one attached hydrogen (secondary N) is 1. The molecule has 1 aromatic carbocycles. The van der Waals surface area contributed by atoms with Crippen LogP contribution in [0.4, 0.5) is 0 Å². The Morgan fingerprint density at radius 3 is 2.70 bits per heavy atom. The summed E-state index contributed by atoms with van der Waals surface area (Å²) >= 11 is 5.28. The number of thiophene rings is 1. The minimum absolute atomic E-state index is 0.353. The zero-order chi connectivity index (χ0) is 14.4. The van der Waals surface area contributed by atoms with Crippen LogP contribution in [0.3, 0.4) is 0 Å². The van der Waals surface area contributed by atoms with Gasteiger partial charge >= 0.3 is 0 Å². The largest absolute Gasteiger partial charge is 0.377 e. The second-order valence-electron chi connectivity index (χ2n) is 4.68. The Morgan fingerprint density at radius 2 is 2.05 bits per heavy atom. The highest BCUT2D eigenvalue weighted by Crippen LogP contribution is 2.25. The predicted octanol–water partition coefficient (Wildman–Crippen LogP) is 4.90. The van der Waals surface area contributed by atoms with Gasteiger partial charge in [-0.05, 0) is 47.0 Å². The fraction of sp³-hybridized carbons (Fsp3) is 0.375. The Bertz CT molecular complexity index is 541. The highest BCUT2D eigenvalue weighted by molar-refractivity contribution is 9.10. The molecule has 0 aliphatic heterocycles. The van der Waals surface area contributed by atoms with E-state index in [9.17, 15) is 0 Å². The fourth-order valence-electron chi connectivity index (χ4n) is 2.00. The van der Waals surface area contributed by atoms with Crippen LogP contribution in [0.1, 0.15) is 35.9 Å². The second-order valence-corrected chi connectivity index (χ2v) is 6.53. The third kappa shape index (κ3) is 4.42. The van der Waals surface area contributed by atoms with Crippen molar-refractivity contribution in [3.63, 3.8) is 0 Å². The lowest BCUT2D eigenvalue weighted by Gasteiger charge is -2.14. The molecule has 108 valence electrons. The summed E-state index contributed by atoms with van der Waals surface area (Å²) in [5, 5.41) is 5.70. The second kappa shape index (κ2) is 7.93. The van der Waals surface area contributed by atoms with Crippen LogP contribution in [0.5, 0.6) is 0 Å². The molecule has 0 amide bonds. The van der Waals surface area contributed by atoms with Gasteiger partial charge in [-0.2, -0.15) is 0 Å². The van der Waals surface area contributed by atoms with E-state index in [4.69, 9.17) is 4.74 Å². The molecule has 0 fully saturated rings. The number of benzene rings is 1. The van der Waals surface area contributed by atoms with Crippen molar-refractivity contribution in [1.82, 2.24) is 5.32 Å². The molecule has 0 bridgehead atoms. The molecule has 0 spiro atoms. The lowest BCUT2D eigenvalue weighted by atomic mass is 10.1. The van der Waals surface area contributed by atoms with Crippen molar-refractivity contribution in [2.24, 2.45) is 0 Å². The van der Waals surface area contributed by atoms with Crippen LogP contribution in [-0.2, 0) is 17.9 Å². The van der Waals surface area contributed by atoms with Crippen LogP contribution < -0.4 is 5.32 Å². The Hall–Kier alpha value is -0.680. The molecule has 1 heterocycles. The van der Waals surface area contributed by atoms with Gasteiger partial charge in [-0.25, -0.2) is 0 Å². The van der Waals surface area contributed by atoms with Crippen LogP contribution in [0.2, 0.25) is 0 Å². The van der Waals surface area contributed by atoms with Gasteiger partial charge in [0.1, 0.15) is 0 Å². The molecule has 1 atom stereocenters. The van der Waals surface area contributed by atoms with Crippen molar-refractivity contribution in [3.05, 3.63) is 56.2 Å². The van der Waals surface area contributed by atoms with E-state index >= 15 is 0 Å². The first-order valence-corrected chi connectivity index (χ1v) is 8.49. The van der Waals surface area contributed by atoms with Crippen molar-refractivity contribution in [2.45, 2.75) is 33.0 Å². The van der Waals surface area contributed by atoms with Gasteiger partial charge in [0.05, 0.1) is 6.61 Å². The molecule has 2 rings (SSSR count). The summed E-state index contributed by atoms with van der Waals surface area (Å²) < 4.78 is 6.68. The van der Waals surface area contributed by atoms with E-state index in [2.05, 4.69) is 63.9 Å². The maximum atomic E-state index is 5.52. The molecule has 0 saturated heterocycles. The van der Waals surface area contributed by atoms with Crippen molar-refractivity contribution < 1.29 is 4.74 Å². The number of hydrogen-bond donors (Lipinski definition) is 1. The van der Waals surface area contributed by atoms with Crippen molar-refractivity contribution in [3.8, 4) is 0 Å². The Morgan fingerprint density at radius 1 is 1.30 bits per heavy atom. The summed E-state index contributed by atoms with van der Waals surface area (Å²) in [6, 6.07) is 11.0. The van der Waals surface area contributed by atoms with Crippen LogP contribution in [0.15, 0.2) is 40.2 Å². The molecule has 0 saturated carbocycles. The van der Waals surface area contributed by atoms with Crippen LogP contribution in [0.25, 0.3) is 0 Å². The van der Waals surface area contributed by atoms with E-state index in [0.29, 0.717) is 12.6 Å². The molecule has 4 heteroatoms. The monoisotopic (exact) mass is 353 g/mol. The van der Waals surface area contributed by atoms with Gasteiger partial charge in [-0.1, -0.05) is 24.3 Å². The van der Waals surface area contributed by atoms with E-state index in [1.54, 1.807) is 11.3 Å². The average Bonchev–Trinajstić information content (AvgIpc) is 2.90. The van der Waals surface area contributed by atoms with Crippen molar-refractivity contribution in [1.29, 1.82) is 0 Å². The molecule has 2 nitrogen and oxygen atoms in total. The number of ether oxygens (including phenoxy) is 1. The molecule has 1 aromatic heterocycles. The Labute approximate surface area is 133 Å². The normalized spacial score (nSPS) is 12.6. The van der Waals surface area contributed by atoms with Crippen LogP contribution in [-0.4, -0.2) is 6.61 Å². The van der Waals surface area contributed by atoms with Crippen LogP contribution in [0, 0.1) is 0 Å². The summed E-state index contributed by atoms with van der Waals surface area (Å²) in [4.78, 5) is 1.35. The standard InChI is InChI=1S/C16H20BrNOS/c1-3-19-10-14-7-5-4-6-13(14)9-18-12(2)16-8-15(17)11-20-16/h4-8,11-12,18H,3,9-10H2,1-2H3. The first kappa shape index (κ1) is 15.7. The van der Waals surface area contributed by atoms with E-state index in [1.165, 1.54) is 16.0 Å².